The maximum absolute atomic E-state index is 13.5. The largest absolute Gasteiger partial charge is 0.493 e. The molecule has 0 saturated heterocycles. The summed E-state index contributed by atoms with van der Waals surface area (Å²) in [5, 5.41) is 5.50. The summed E-state index contributed by atoms with van der Waals surface area (Å²) in [5.74, 6) is 1.85. The average molecular weight is 598 g/mol. The van der Waals surface area contributed by atoms with Gasteiger partial charge in [0.15, 0.2) is 11.5 Å². The second kappa shape index (κ2) is 10.6. The van der Waals surface area contributed by atoms with Crippen LogP contribution in [0.2, 0.25) is 5.02 Å². The molecule has 1 aliphatic carbocycles. The summed E-state index contributed by atoms with van der Waals surface area (Å²) in [5.41, 5.74) is 1.15. The van der Waals surface area contributed by atoms with E-state index in [1.54, 1.807) is 25.5 Å². The Labute approximate surface area is 214 Å². The van der Waals surface area contributed by atoms with Crippen molar-refractivity contribution in [1.82, 2.24) is 9.66 Å². The zero-order chi connectivity index (χ0) is 23.5. The van der Waals surface area contributed by atoms with Crippen LogP contribution in [0.15, 0.2) is 43.1 Å². The van der Waals surface area contributed by atoms with Gasteiger partial charge in [-0.1, -0.05) is 46.8 Å². The molecule has 3 aromatic rings. The van der Waals surface area contributed by atoms with Crippen molar-refractivity contribution < 1.29 is 9.47 Å². The normalized spacial score (nSPS) is 14.8. The Hall–Kier alpha value is -1.90. The van der Waals surface area contributed by atoms with E-state index in [1.807, 2.05) is 19.1 Å². The second-order valence-corrected chi connectivity index (χ2v) is 9.97. The van der Waals surface area contributed by atoms with Crippen molar-refractivity contribution >= 4 is 60.6 Å². The van der Waals surface area contributed by atoms with E-state index in [1.165, 1.54) is 11.1 Å². The van der Waals surface area contributed by atoms with Gasteiger partial charge in [0, 0.05) is 20.4 Å². The molecule has 9 heteroatoms. The van der Waals surface area contributed by atoms with Gasteiger partial charge in [0.1, 0.15) is 10.8 Å². The van der Waals surface area contributed by atoms with Crippen molar-refractivity contribution in [1.29, 1.82) is 0 Å². The van der Waals surface area contributed by atoms with Crippen LogP contribution in [-0.2, 0) is 0 Å². The fourth-order valence-electron chi connectivity index (χ4n) is 4.15. The fourth-order valence-corrected chi connectivity index (χ4v) is 5.17. The molecule has 0 bridgehead atoms. The minimum Gasteiger partial charge on any atom is -0.493 e. The lowest BCUT2D eigenvalue weighted by molar-refractivity contribution is 0.311. The van der Waals surface area contributed by atoms with Crippen molar-refractivity contribution in [3.8, 4) is 11.5 Å². The highest BCUT2D eigenvalue weighted by atomic mass is 79.9. The van der Waals surface area contributed by atoms with Gasteiger partial charge in [-0.2, -0.15) is 9.78 Å². The third-order valence-corrected chi connectivity index (χ3v) is 7.72. The van der Waals surface area contributed by atoms with Crippen LogP contribution in [0, 0.1) is 0 Å². The molecule has 1 aliphatic rings. The van der Waals surface area contributed by atoms with Crippen molar-refractivity contribution in [2.75, 3.05) is 13.7 Å². The summed E-state index contributed by atoms with van der Waals surface area (Å²) in [6.07, 6.45) is 7.06. The van der Waals surface area contributed by atoms with Crippen LogP contribution >= 0.6 is 43.5 Å². The lowest BCUT2D eigenvalue weighted by Gasteiger charge is -2.22. The average Bonchev–Trinajstić information content (AvgIpc) is 2.83. The highest BCUT2D eigenvalue weighted by Gasteiger charge is 2.23. The van der Waals surface area contributed by atoms with E-state index >= 15 is 0 Å². The highest BCUT2D eigenvalue weighted by molar-refractivity contribution is 9.10. The smallest absolute Gasteiger partial charge is 0.282 e. The van der Waals surface area contributed by atoms with Gasteiger partial charge < -0.3 is 9.47 Å². The summed E-state index contributed by atoms with van der Waals surface area (Å²) in [6.45, 7) is 2.33. The van der Waals surface area contributed by atoms with Gasteiger partial charge in [0.2, 0.25) is 0 Å². The zero-order valence-corrected chi connectivity index (χ0v) is 22.3. The topological polar surface area (TPSA) is 65.7 Å². The Bertz CT molecular complexity index is 1270. The first-order valence-corrected chi connectivity index (χ1v) is 12.9. The molecule has 6 nitrogen and oxygen atoms in total. The molecule has 174 valence electrons. The summed E-state index contributed by atoms with van der Waals surface area (Å²) >= 11 is 13.5. The molecular formula is C24H24Br2ClN3O3. The first-order valence-electron chi connectivity index (χ1n) is 10.9. The van der Waals surface area contributed by atoms with Crippen LogP contribution in [0.5, 0.6) is 11.5 Å². The summed E-state index contributed by atoms with van der Waals surface area (Å²) in [6, 6.07) is 7.34. The molecule has 0 N–H and O–H groups in total. The Morgan fingerprint density at radius 2 is 2.00 bits per heavy atom. The van der Waals surface area contributed by atoms with E-state index in [4.69, 9.17) is 26.1 Å². The van der Waals surface area contributed by atoms with Crippen LogP contribution in [0.1, 0.15) is 56.3 Å². The first-order chi connectivity index (χ1) is 15.9. The standard InChI is InChI=1S/C24H24Br2ClN3O3/c1-3-33-22-19(32-2)11-15(20(26)21(22)27)13-28-30-23(14-7-5-4-6-8-14)29-18-10-9-16(25)12-17(18)24(30)31/h9-14H,3-8H2,1-2H3. The van der Waals surface area contributed by atoms with Gasteiger partial charge in [-0.05, 0) is 60.0 Å². The van der Waals surface area contributed by atoms with E-state index in [9.17, 15) is 4.79 Å². The molecule has 1 fully saturated rings. The maximum Gasteiger partial charge on any atom is 0.282 e. The number of hydrogen-bond donors (Lipinski definition) is 0. The van der Waals surface area contributed by atoms with Crippen LogP contribution in [0.3, 0.4) is 0 Å². The molecule has 0 radical (unpaired) electrons. The second-order valence-electron chi connectivity index (χ2n) is 7.89. The van der Waals surface area contributed by atoms with Gasteiger partial charge in [-0.25, -0.2) is 4.98 Å². The number of methoxy groups -OCH3 is 1. The van der Waals surface area contributed by atoms with Gasteiger partial charge in [0.25, 0.3) is 5.56 Å². The summed E-state index contributed by atoms with van der Waals surface area (Å²) < 4.78 is 14.0. The van der Waals surface area contributed by atoms with Crippen molar-refractivity contribution in [2.24, 2.45) is 5.10 Å². The van der Waals surface area contributed by atoms with Crippen molar-refractivity contribution in [3.63, 3.8) is 0 Å². The molecule has 1 aromatic heterocycles. The maximum atomic E-state index is 13.5. The molecular weight excluding hydrogens is 574 g/mol. The van der Waals surface area contributed by atoms with Crippen molar-refractivity contribution in [2.45, 2.75) is 44.9 Å². The fraction of sp³-hybridized carbons (Fsp3) is 0.375. The number of fused-ring (bicyclic) bond motifs is 1. The van der Waals surface area contributed by atoms with E-state index in [0.29, 0.717) is 49.9 Å². The first kappa shape index (κ1) is 24.2. The summed E-state index contributed by atoms with van der Waals surface area (Å²) in [4.78, 5) is 18.4. The zero-order valence-electron chi connectivity index (χ0n) is 18.4. The predicted molar refractivity (Wildman–Crippen MR) is 139 cm³/mol. The molecule has 1 saturated carbocycles. The summed E-state index contributed by atoms with van der Waals surface area (Å²) in [7, 11) is 1.56. The Morgan fingerprint density at radius 1 is 1.24 bits per heavy atom. The number of ether oxygens (including phenoxy) is 2. The molecule has 1 heterocycles. The third-order valence-electron chi connectivity index (χ3n) is 5.78. The molecule has 0 spiro atoms. The number of rotatable bonds is 6. The van der Waals surface area contributed by atoms with Crippen molar-refractivity contribution in [3.05, 3.63) is 60.0 Å². The van der Waals surface area contributed by atoms with Gasteiger partial charge in [-0.3, -0.25) is 4.79 Å². The third kappa shape index (κ3) is 4.98. The van der Waals surface area contributed by atoms with E-state index in [2.05, 4.69) is 37.0 Å². The van der Waals surface area contributed by atoms with Gasteiger partial charge in [0.05, 0.1) is 30.8 Å². The van der Waals surface area contributed by atoms with Crippen LogP contribution < -0.4 is 15.0 Å². The number of aromatic nitrogens is 2. The molecule has 2 aromatic carbocycles. The van der Waals surface area contributed by atoms with E-state index in [-0.39, 0.29) is 11.5 Å². The molecule has 0 amide bonds. The minimum absolute atomic E-state index is 0.193. The molecule has 0 unspecified atom stereocenters. The predicted octanol–water partition coefficient (Wildman–Crippen LogP) is 6.91. The molecule has 4 rings (SSSR count). The minimum atomic E-state index is -0.196. The lowest BCUT2D eigenvalue weighted by Crippen LogP contribution is -2.25. The Morgan fingerprint density at radius 3 is 2.70 bits per heavy atom. The highest BCUT2D eigenvalue weighted by Crippen LogP contribution is 2.42. The van der Waals surface area contributed by atoms with Crippen LogP contribution in [0.4, 0.5) is 0 Å². The lowest BCUT2D eigenvalue weighted by atomic mass is 9.88. The Kier molecular flexibility index (Phi) is 7.76. The number of nitrogens with zero attached hydrogens (tertiary/aromatic N) is 3. The van der Waals surface area contributed by atoms with E-state index in [0.717, 1.165) is 30.2 Å². The van der Waals surface area contributed by atoms with E-state index < -0.39 is 0 Å². The quantitative estimate of drug-likeness (QED) is 0.290. The van der Waals surface area contributed by atoms with Gasteiger partial charge in [-0.15, -0.1) is 0 Å². The molecule has 0 atom stereocenters. The van der Waals surface area contributed by atoms with Crippen LogP contribution in [0.25, 0.3) is 10.9 Å². The molecule has 0 aliphatic heterocycles. The SMILES string of the molecule is CCOc1c(OC)cc(C=Nn2c(C3CCCCC3)nc3ccc(Br)cc3c2=O)c(Br)c1Cl. The Balaban J connectivity index is 1.86. The molecule has 33 heavy (non-hydrogen) atoms. The number of halogens is 3. The number of benzene rings is 2. The monoisotopic (exact) mass is 595 g/mol. The van der Waals surface area contributed by atoms with Gasteiger partial charge >= 0.3 is 0 Å². The van der Waals surface area contributed by atoms with Crippen LogP contribution in [-0.4, -0.2) is 29.6 Å². The number of hydrogen-bond acceptors (Lipinski definition) is 5.